The van der Waals surface area contributed by atoms with Crippen molar-refractivity contribution in [2.45, 2.75) is 19.4 Å². The van der Waals surface area contributed by atoms with Gasteiger partial charge in [0.05, 0.1) is 24.0 Å². The van der Waals surface area contributed by atoms with Gasteiger partial charge in [0.25, 0.3) is 0 Å². The van der Waals surface area contributed by atoms with Crippen molar-refractivity contribution in [3.8, 4) is 0 Å². The summed E-state index contributed by atoms with van der Waals surface area (Å²) in [6, 6.07) is 8.46. The summed E-state index contributed by atoms with van der Waals surface area (Å²) in [5, 5.41) is 4.33. The van der Waals surface area contributed by atoms with Crippen LogP contribution in [0.25, 0.3) is 5.52 Å². The second kappa shape index (κ2) is 5.40. The minimum absolute atomic E-state index is 0.0125. The summed E-state index contributed by atoms with van der Waals surface area (Å²) in [5.41, 5.74) is 7.41. The molecule has 0 aliphatic heterocycles. The molecule has 0 radical (unpaired) electrons. The van der Waals surface area contributed by atoms with E-state index < -0.39 is 0 Å². The molecule has 0 aliphatic carbocycles. The quantitative estimate of drug-likeness (QED) is 0.558. The molecule has 3 rings (SSSR count). The van der Waals surface area contributed by atoms with E-state index in [2.05, 4.69) is 46.7 Å². The summed E-state index contributed by atoms with van der Waals surface area (Å²) >= 11 is 0. The number of benzene rings is 1. The number of aryl methyl sites for hydroxylation is 1. The van der Waals surface area contributed by atoms with E-state index in [1.54, 1.807) is 6.20 Å². The van der Waals surface area contributed by atoms with Gasteiger partial charge >= 0.3 is 0 Å². The van der Waals surface area contributed by atoms with Gasteiger partial charge in [-0.3, -0.25) is 16.3 Å². The fourth-order valence-electron chi connectivity index (χ4n) is 2.45. The lowest BCUT2D eigenvalue weighted by Gasteiger charge is -2.15. The van der Waals surface area contributed by atoms with Gasteiger partial charge in [0, 0.05) is 18.0 Å². The van der Waals surface area contributed by atoms with Crippen molar-refractivity contribution in [1.82, 2.24) is 20.0 Å². The zero-order valence-corrected chi connectivity index (χ0v) is 11.3. The Morgan fingerprint density at radius 2 is 2.25 bits per heavy atom. The van der Waals surface area contributed by atoms with Crippen molar-refractivity contribution in [2.24, 2.45) is 5.84 Å². The van der Waals surface area contributed by atoms with E-state index in [1.807, 2.05) is 23.1 Å². The number of hydrogen-bond donors (Lipinski definition) is 2. The lowest BCUT2D eigenvalue weighted by atomic mass is 9.99. The van der Waals surface area contributed by atoms with E-state index >= 15 is 0 Å². The summed E-state index contributed by atoms with van der Waals surface area (Å²) in [7, 11) is 0. The van der Waals surface area contributed by atoms with Crippen molar-refractivity contribution < 1.29 is 0 Å². The van der Waals surface area contributed by atoms with Gasteiger partial charge in [-0.2, -0.15) is 5.10 Å². The lowest BCUT2D eigenvalue weighted by Crippen LogP contribution is -2.29. The zero-order valence-electron chi connectivity index (χ0n) is 11.3. The molecule has 0 fully saturated rings. The van der Waals surface area contributed by atoms with Gasteiger partial charge in [-0.15, -0.1) is 0 Å². The average molecular weight is 267 g/mol. The minimum atomic E-state index is 0.0125. The predicted molar refractivity (Wildman–Crippen MR) is 77.9 cm³/mol. The summed E-state index contributed by atoms with van der Waals surface area (Å²) in [6.07, 6.45) is 8.02. The van der Waals surface area contributed by atoms with Gasteiger partial charge < -0.3 is 0 Å². The van der Waals surface area contributed by atoms with E-state index in [0.717, 1.165) is 17.5 Å². The maximum Gasteiger partial charge on any atom is 0.0893 e. The number of nitrogens with two attached hydrogens (primary N) is 1. The Kier molecular flexibility index (Phi) is 3.45. The molecule has 1 atom stereocenters. The smallest absolute Gasteiger partial charge is 0.0893 e. The molecule has 0 saturated heterocycles. The number of fused-ring (bicyclic) bond motifs is 1. The third kappa shape index (κ3) is 2.41. The van der Waals surface area contributed by atoms with Crippen LogP contribution < -0.4 is 11.3 Å². The molecule has 0 saturated carbocycles. The molecule has 3 aromatic rings. The normalized spacial score (nSPS) is 12.7. The van der Waals surface area contributed by atoms with E-state index in [9.17, 15) is 0 Å². The van der Waals surface area contributed by atoms with Crippen LogP contribution in [-0.4, -0.2) is 14.6 Å². The largest absolute Gasteiger partial charge is 0.271 e. The van der Waals surface area contributed by atoms with Crippen LogP contribution in [0.2, 0.25) is 0 Å². The van der Waals surface area contributed by atoms with Gasteiger partial charge in [-0.25, -0.2) is 4.52 Å². The molecule has 5 heteroatoms. The maximum absolute atomic E-state index is 5.73. The first kappa shape index (κ1) is 12.8. The van der Waals surface area contributed by atoms with Gasteiger partial charge in [0.15, 0.2) is 0 Å². The van der Waals surface area contributed by atoms with Crippen LogP contribution in [0, 0.1) is 6.92 Å². The first-order chi connectivity index (χ1) is 9.78. The second-order valence-electron chi connectivity index (χ2n) is 4.92. The van der Waals surface area contributed by atoms with Crippen molar-refractivity contribution in [3.05, 3.63) is 65.7 Å². The van der Waals surface area contributed by atoms with Gasteiger partial charge in [-0.05, 0) is 18.9 Å². The third-order valence-electron chi connectivity index (χ3n) is 3.45. The summed E-state index contributed by atoms with van der Waals surface area (Å²) < 4.78 is 1.81. The van der Waals surface area contributed by atoms with Crippen LogP contribution in [0.1, 0.15) is 22.7 Å². The molecular weight excluding hydrogens is 250 g/mol. The Morgan fingerprint density at radius 1 is 1.35 bits per heavy atom. The molecule has 1 aromatic carbocycles. The van der Waals surface area contributed by atoms with Gasteiger partial charge in [-0.1, -0.05) is 29.8 Å². The van der Waals surface area contributed by atoms with Crippen LogP contribution in [0.3, 0.4) is 0 Å². The molecule has 1 unspecified atom stereocenters. The SMILES string of the molecule is Cc1cccc(CC(NN)c2cnn3ccncc23)c1. The third-order valence-corrected chi connectivity index (χ3v) is 3.45. The topological polar surface area (TPSA) is 68.2 Å². The van der Waals surface area contributed by atoms with E-state index in [1.165, 1.54) is 11.1 Å². The van der Waals surface area contributed by atoms with Crippen molar-refractivity contribution in [2.75, 3.05) is 0 Å². The molecule has 0 bridgehead atoms. The molecule has 102 valence electrons. The van der Waals surface area contributed by atoms with E-state index in [-0.39, 0.29) is 6.04 Å². The number of rotatable bonds is 4. The predicted octanol–water partition coefficient (Wildman–Crippen LogP) is 1.78. The van der Waals surface area contributed by atoms with Crippen molar-refractivity contribution in [1.29, 1.82) is 0 Å². The fraction of sp³-hybridized carbons (Fsp3) is 0.200. The number of nitrogens with one attached hydrogen (secondary N) is 1. The minimum Gasteiger partial charge on any atom is -0.271 e. The number of hydrazine groups is 1. The summed E-state index contributed by atoms with van der Waals surface area (Å²) in [5.74, 6) is 5.73. The molecule has 0 amide bonds. The van der Waals surface area contributed by atoms with Crippen LogP contribution in [0.4, 0.5) is 0 Å². The van der Waals surface area contributed by atoms with Crippen molar-refractivity contribution in [3.63, 3.8) is 0 Å². The Balaban J connectivity index is 1.93. The highest BCUT2D eigenvalue weighted by Gasteiger charge is 2.15. The second-order valence-corrected chi connectivity index (χ2v) is 4.92. The first-order valence-corrected chi connectivity index (χ1v) is 6.57. The maximum atomic E-state index is 5.73. The Morgan fingerprint density at radius 3 is 3.05 bits per heavy atom. The zero-order chi connectivity index (χ0) is 13.9. The van der Waals surface area contributed by atoms with E-state index in [4.69, 9.17) is 5.84 Å². The molecule has 3 N–H and O–H groups in total. The van der Waals surface area contributed by atoms with Crippen LogP contribution in [-0.2, 0) is 6.42 Å². The molecule has 2 heterocycles. The van der Waals surface area contributed by atoms with Crippen LogP contribution in [0.15, 0.2) is 49.1 Å². The average Bonchev–Trinajstić information content (AvgIpc) is 2.89. The highest BCUT2D eigenvalue weighted by Crippen LogP contribution is 2.22. The Hall–Kier alpha value is -2.24. The highest BCUT2D eigenvalue weighted by molar-refractivity contribution is 5.53. The first-order valence-electron chi connectivity index (χ1n) is 6.57. The van der Waals surface area contributed by atoms with Crippen LogP contribution in [0.5, 0.6) is 0 Å². The number of hydrogen-bond acceptors (Lipinski definition) is 4. The monoisotopic (exact) mass is 267 g/mol. The standard InChI is InChI=1S/C15H17N5/c1-11-3-2-4-12(7-11)8-14(19-16)13-9-18-20-6-5-17-10-15(13)20/h2-7,9-10,14,19H,8,16H2,1H3. The van der Waals surface area contributed by atoms with Gasteiger partial charge in [0.2, 0.25) is 0 Å². The van der Waals surface area contributed by atoms with Gasteiger partial charge in [0.1, 0.15) is 0 Å². The molecule has 5 nitrogen and oxygen atoms in total. The lowest BCUT2D eigenvalue weighted by molar-refractivity contribution is 0.555. The molecule has 0 spiro atoms. The Bertz CT molecular complexity index is 719. The number of aromatic nitrogens is 3. The van der Waals surface area contributed by atoms with E-state index in [0.29, 0.717) is 0 Å². The Labute approximate surface area is 117 Å². The summed E-state index contributed by atoms with van der Waals surface area (Å²) in [6.45, 7) is 2.09. The highest BCUT2D eigenvalue weighted by atomic mass is 15.3. The van der Waals surface area contributed by atoms with Crippen molar-refractivity contribution >= 4 is 5.52 Å². The van der Waals surface area contributed by atoms with Crippen LogP contribution >= 0.6 is 0 Å². The molecule has 2 aromatic heterocycles. The molecule has 0 aliphatic rings. The summed E-state index contributed by atoms with van der Waals surface area (Å²) in [4.78, 5) is 4.15. The number of nitrogens with zero attached hydrogens (tertiary/aromatic N) is 3. The molecular formula is C15H17N5. The molecule has 20 heavy (non-hydrogen) atoms. The fourth-order valence-corrected chi connectivity index (χ4v) is 2.45.